The number of hydrogen-bond acceptors (Lipinski definition) is 2. The van der Waals surface area contributed by atoms with E-state index in [1.54, 1.807) is 0 Å². The zero-order valence-electron chi connectivity index (χ0n) is 19.8. The van der Waals surface area contributed by atoms with Gasteiger partial charge in [0, 0.05) is 33.3 Å². The van der Waals surface area contributed by atoms with Crippen LogP contribution in [0.2, 0.25) is 0 Å². The number of fused-ring (bicyclic) bond motifs is 3. The van der Waals surface area contributed by atoms with E-state index in [1.807, 2.05) is 39.0 Å². The number of para-hydroxylation sites is 2. The van der Waals surface area contributed by atoms with Gasteiger partial charge in [-0.3, -0.25) is 0 Å². The van der Waals surface area contributed by atoms with E-state index in [9.17, 15) is 0 Å². The molecule has 1 N–H and O–H groups in total. The second kappa shape index (κ2) is 11.8. The maximum absolute atomic E-state index is 6.27. The lowest BCUT2D eigenvalue weighted by molar-refractivity contribution is 0.667. The fraction of sp³-hybridized carbons (Fsp3) is 0.241. The Balaban J connectivity index is 0.00000166. The highest BCUT2D eigenvalue weighted by atomic mass is 16.3. The Bertz CT molecular complexity index is 1150. The second-order valence-corrected chi connectivity index (χ2v) is 7.10. The summed E-state index contributed by atoms with van der Waals surface area (Å²) >= 11 is 0. The summed E-state index contributed by atoms with van der Waals surface area (Å²) in [7, 11) is 0. The molecule has 0 radical (unpaired) electrons. The molecule has 0 spiro atoms. The van der Waals surface area contributed by atoms with Crippen molar-refractivity contribution in [2.45, 2.75) is 48.0 Å². The molecule has 0 amide bonds. The SMILES string of the molecule is C=C/C(C)=C\C=C(/C)NC(=C/C)/C(=C\CC)c1cccc2c1oc1ccccc12.CC. The van der Waals surface area contributed by atoms with Crippen molar-refractivity contribution in [3.63, 3.8) is 0 Å². The Hall–Kier alpha value is -3.26. The van der Waals surface area contributed by atoms with Crippen molar-refractivity contribution in [2.75, 3.05) is 0 Å². The van der Waals surface area contributed by atoms with E-state index in [2.05, 4.69) is 87.3 Å². The van der Waals surface area contributed by atoms with Crippen LogP contribution in [0.15, 0.2) is 101 Å². The second-order valence-electron chi connectivity index (χ2n) is 7.10. The van der Waals surface area contributed by atoms with E-state index in [4.69, 9.17) is 4.42 Å². The molecule has 2 aromatic carbocycles. The molecule has 3 rings (SSSR count). The van der Waals surface area contributed by atoms with Crippen LogP contribution in [0.1, 0.15) is 53.5 Å². The number of furan rings is 1. The van der Waals surface area contributed by atoms with E-state index < -0.39 is 0 Å². The van der Waals surface area contributed by atoms with Crippen molar-refractivity contribution in [3.8, 4) is 0 Å². The van der Waals surface area contributed by atoms with Gasteiger partial charge in [-0.25, -0.2) is 0 Å². The molecule has 0 fully saturated rings. The predicted octanol–water partition coefficient (Wildman–Crippen LogP) is 8.94. The van der Waals surface area contributed by atoms with Crippen LogP contribution in [-0.4, -0.2) is 0 Å². The lowest BCUT2D eigenvalue weighted by Crippen LogP contribution is -2.12. The lowest BCUT2D eigenvalue weighted by Gasteiger charge is -2.16. The molecular weight excluding hydrogens is 378 g/mol. The van der Waals surface area contributed by atoms with Crippen molar-refractivity contribution in [2.24, 2.45) is 0 Å². The molecule has 0 atom stereocenters. The van der Waals surface area contributed by atoms with Gasteiger partial charge in [-0.15, -0.1) is 0 Å². The zero-order chi connectivity index (χ0) is 22.8. The highest BCUT2D eigenvalue weighted by Crippen LogP contribution is 2.35. The fourth-order valence-electron chi connectivity index (χ4n) is 3.40. The summed E-state index contributed by atoms with van der Waals surface area (Å²) in [6.07, 6.45) is 11.3. The summed E-state index contributed by atoms with van der Waals surface area (Å²) in [5.74, 6) is 0. The lowest BCUT2D eigenvalue weighted by atomic mass is 9.98. The summed E-state index contributed by atoms with van der Waals surface area (Å²) in [6.45, 7) is 16.1. The smallest absolute Gasteiger partial charge is 0.143 e. The van der Waals surface area contributed by atoms with Gasteiger partial charge in [-0.05, 0) is 39.3 Å². The number of rotatable bonds is 7. The Kier molecular flexibility index (Phi) is 9.14. The Labute approximate surface area is 187 Å². The maximum Gasteiger partial charge on any atom is 0.143 e. The van der Waals surface area contributed by atoms with Gasteiger partial charge < -0.3 is 9.73 Å². The average Bonchev–Trinajstić information content (AvgIpc) is 3.20. The minimum atomic E-state index is 0.918. The third kappa shape index (κ3) is 5.67. The molecule has 31 heavy (non-hydrogen) atoms. The van der Waals surface area contributed by atoms with Gasteiger partial charge in [0.15, 0.2) is 0 Å². The van der Waals surface area contributed by atoms with Gasteiger partial charge in [0.25, 0.3) is 0 Å². The van der Waals surface area contributed by atoms with Gasteiger partial charge in [0.05, 0.1) is 0 Å². The normalized spacial score (nSPS) is 13.2. The summed E-state index contributed by atoms with van der Waals surface area (Å²) in [6, 6.07) is 14.6. The van der Waals surface area contributed by atoms with E-state index in [1.165, 1.54) is 0 Å². The van der Waals surface area contributed by atoms with Crippen molar-refractivity contribution >= 4 is 27.5 Å². The first-order chi connectivity index (χ1) is 15.1. The first kappa shape index (κ1) is 24.0. The molecule has 3 aromatic rings. The molecule has 162 valence electrons. The number of benzene rings is 2. The quantitative estimate of drug-likeness (QED) is 0.391. The van der Waals surface area contributed by atoms with E-state index in [0.717, 1.165) is 56.5 Å². The van der Waals surface area contributed by atoms with Gasteiger partial charge in [0.2, 0.25) is 0 Å². The van der Waals surface area contributed by atoms with E-state index >= 15 is 0 Å². The summed E-state index contributed by atoms with van der Waals surface area (Å²) in [5.41, 5.74) is 7.37. The third-order valence-electron chi connectivity index (χ3n) is 4.93. The first-order valence-corrected chi connectivity index (χ1v) is 11.1. The third-order valence-corrected chi connectivity index (χ3v) is 4.93. The highest BCUT2D eigenvalue weighted by molar-refractivity contribution is 6.09. The monoisotopic (exact) mass is 413 g/mol. The largest absolute Gasteiger partial charge is 0.455 e. The molecule has 0 bridgehead atoms. The molecule has 0 saturated carbocycles. The van der Waals surface area contributed by atoms with E-state index in [-0.39, 0.29) is 0 Å². The molecule has 0 aliphatic rings. The topological polar surface area (TPSA) is 25.2 Å². The van der Waals surface area contributed by atoms with Gasteiger partial charge in [0.1, 0.15) is 11.2 Å². The summed E-state index contributed by atoms with van der Waals surface area (Å²) in [5, 5.41) is 5.86. The number of allylic oxidation sites excluding steroid dienone is 8. The molecule has 2 nitrogen and oxygen atoms in total. The molecule has 0 unspecified atom stereocenters. The molecule has 2 heteroatoms. The number of nitrogens with one attached hydrogen (secondary N) is 1. The summed E-state index contributed by atoms with van der Waals surface area (Å²) in [4.78, 5) is 0. The molecule has 0 aliphatic carbocycles. The van der Waals surface area contributed by atoms with Gasteiger partial charge >= 0.3 is 0 Å². The van der Waals surface area contributed by atoms with Crippen LogP contribution >= 0.6 is 0 Å². The highest BCUT2D eigenvalue weighted by Gasteiger charge is 2.15. The van der Waals surface area contributed by atoms with Crippen LogP contribution in [0.25, 0.3) is 27.5 Å². The van der Waals surface area contributed by atoms with Crippen molar-refractivity contribution < 1.29 is 4.42 Å². The van der Waals surface area contributed by atoms with Gasteiger partial charge in [-0.1, -0.05) is 93.6 Å². The van der Waals surface area contributed by atoms with Crippen LogP contribution in [0.5, 0.6) is 0 Å². The van der Waals surface area contributed by atoms with Gasteiger partial charge in [-0.2, -0.15) is 0 Å². The molecule has 0 aliphatic heterocycles. The Morgan fingerprint density at radius 3 is 2.39 bits per heavy atom. The maximum atomic E-state index is 6.27. The van der Waals surface area contributed by atoms with Crippen molar-refractivity contribution in [1.29, 1.82) is 0 Å². The first-order valence-electron chi connectivity index (χ1n) is 11.1. The summed E-state index contributed by atoms with van der Waals surface area (Å²) < 4.78 is 6.27. The average molecular weight is 414 g/mol. The van der Waals surface area contributed by atoms with Crippen LogP contribution in [-0.2, 0) is 0 Å². The molecular formula is C29H35NO. The minimum absolute atomic E-state index is 0.918. The Morgan fingerprint density at radius 2 is 1.71 bits per heavy atom. The fourth-order valence-corrected chi connectivity index (χ4v) is 3.40. The zero-order valence-corrected chi connectivity index (χ0v) is 19.8. The standard InChI is InChI=1S/C27H29NO.C2H6/c1-6-12-21(25(8-3)28-20(5)18-17-19(4)7-2)23-14-11-15-24-22-13-9-10-16-26(22)29-27(23)24;1-2/h7-18,28H,2,6H2,1,3-5H3;1-2H3/b19-17-,20-18+,21-12-,25-8+;. The Morgan fingerprint density at radius 1 is 1.00 bits per heavy atom. The molecule has 1 aromatic heterocycles. The molecule has 1 heterocycles. The van der Waals surface area contributed by atoms with E-state index in [0.29, 0.717) is 0 Å². The van der Waals surface area contributed by atoms with Crippen molar-refractivity contribution in [3.05, 3.63) is 102 Å². The van der Waals surface area contributed by atoms with Crippen LogP contribution in [0.4, 0.5) is 0 Å². The predicted molar refractivity (Wildman–Crippen MR) is 138 cm³/mol. The van der Waals surface area contributed by atoms with Crippen LogP contribution < -0.4 is 5.32 Å². The van der Waals surface area contributed by atoms with Crippen LogP contribution in [0, 0.1) is 0 Å². The molecule has 0 saturated heterocycles. The number of hydrogen-bond donors (Lipinski definition) is 1. The minimum Gasteiger partial charge on any atom is -0.455 e. The van der Waals surface area contributed by atoms with Crippen LogP contribution in [0.3, 0.4) is 0 Å². The van der Waals surface area contributed by atoms with Crippen molar-refractivity contribution in [1.82, 2.24) is 5.32 Å².